The largest absolute Gasteiger partial charge is 0.347 e. The Morgan fingerprint density at radius 1 is 1.44 bits per heavy atom. The van der Waals surface area contributed by atoms with Crippen LogP contribution in [-0.4, -0.2) is 28.3 Å². The maximum atomic E-state index is 12.7. The molecule has 3 N–H and O–H groups in total. The van der Waals surface area contributed by atoms with E-state index in [0.29, 0.717) is 12.5 Å². The van der Waals surface area contributed by atoms with Crippen LogP contribution in [0.2, 0.25) is 0 Å². The second-order valence-corrected chi connectivity index (χ2v) is 8.32. The summed E-state index contributed by atoms with van der Waals surface area (Å²) in [5, 5.41) is 7.37. The molecule has 0 radical (unpaired) electrons. The molecule has 2 aromatic rings. The molecule has 1 amide bonds. The number of aromatic nitrogens is 2. The van der Waals surface area contributed by atoms with Gasteiger partial charge in [0.2, 0.25) is 0 Å². The van der Waals surface area contributed by atoms with Crippen molar-refractivity contribution in [2.75, 3.05) is 6.54 Å². The first-order valence-electron chi connectivity index (χ1n) is 9.18. The summed E-state index contributed by atoms with van der Waals surface area (Å²) in [5.74, 6) is 0.699. The molecule has 0 bridgehead atoms. The normalized spacial score (nSPS) is 16.8. The molecule has 25 heavy (non-hydrogen) atoms. The van der Waals surface area contributed by atoms with Gasteiger partial charge in [0.05, 0.1) is 10.6 Å². The van der Waals surface area contributed by atoms with Crippen LogP contribution in [0.1, 0.15) is 53.1 Å². The van der Waals surface area contributed by atoms with Gasteiger partial charge >= 0.3 is 0 Å². The van der Waals surface area contributed by atoms with E-state index in [1.165, 1.54) is 43.4 Å². The minimum atomic E-state index is -0.00669. The van der Waals surface area contributed by atoms with Gasteiger partial charge in [-0.2, -0.15) is 5.10 Å². The Kier molecular flexibility index (Phi) is 5.91. The summed E-state index contributed by atoms with van der Waals surface area (Å²) in [7, 11) is 1.92. The maximum Gasteiger partial charge on any atom is 0.261 e. The Balaban J connectivity index is 1.67. The molecular formula is C19H28N4OS. The van der Waals surface area contributed by atoms with Gasteiger partial charge in [-0.1, -0.05) is 32.1 Å². The van der Waals surface area contributed by atoms with E-state index in [1.54, 1.807) is 6.20 Å². The van der Waals surface area contributed by atoms with Crippen molar-refractivity contribution in [1.29, 1.82) is 0 Å². The standard InChI is InChI=1S/C19H28N4OS/c1-13-16(17-8-9-21-23(17)2)11-18(25-13)19(24)22-15(12-20)10-14-6-4-3-5-7-14/h8-9,11,14-15H,3-7,10,12,20H2,1-2H3,(H,22,24). The van der Waals surface area contributed by atoms with E-state index in [2.05, 4.69) is 10.4 Å². The third-order valence-electron chi connectivity index (χ3n) is 5.20. The number of hydrogen-bond donors (Lipinski definition) is 2. The average molecular weight is 361 g/mol. The lowest BCUT2D eigenvalue weighted by molar-refractivity contribution is 0.0934. The number of nitrogens with zero attached hydrogens (tertiary/aromatic N) is 2. The van der Waals surface area contributed by atoms with E-state index in [1.807, 2.05) is 30.8 Å². The molecule has 1 aliphatic carbocycles. The van der Waals surface area contributed by atoms with Crippen molar-refractivity contribution in [2.45, 2.75) is 51.5 Å². The lowest BCUT2D eigenvalue weighted by atomic mass is 9.85. The van der Waals surface area contributed by atoms with Gasteiger partial charge in [-0.15, -0.1) is 11.3 Å². The van der Waals surface area contributed by atoms with Crippen molar-refractivity contribution >= 4 is 17.2 Å². The Hall–Kier alpha value is -1.66. The fourth-order valence-corrected chi connectivity index (χ4v) is 4.71. The lowest BCUT2D eigenvalue weighted by Gasteiger charge is -2.26. The van der Waals surface area contributed by atoms with Gasteiger partial charge in [-0.05, 0) is 31.4 Å². The van der Waals surface area contributed by atoms with Crippen LogP contribution in [0.25, 0.3) is 11.3 Å². The first-order chi connectivity index (χ1) is 12.1. The highest BCUT2D eigenvalue weighted by molar-refractivity contribution is 7.14. The van der Waals surface area contributed by atoms with Crippen molar-refractivity contribution in [3.05, 3.63) is 28.1 Å². The number of aryl methyl sites for hydroxylation is 2. The second kappa shape index (κ2) is 8.15. The zero-order valence-electron chi connectivity index (χ0n) is 15.1. The summed E-state index contributed by atoms with van der Waals surface area (Å²) < 4.78 is 1.84. The molecule has 0 aromatic carbocycles. The third-order valence-corrected chi connectivity index (χ3v) is 6.25. The van der Waals surface area contributed by atoms with Crippen molar-refractivity contribution < 1.29 is 4.79 Å². The van der Waals surface area contributed by atoms with Gasteiger partial charge in [0, 0.05) is 36.3 Å². The van der Waals surface area contributed by atoms with Gasteiger partial charge < -0.3 is 11.1 Å². The number of carbonyl (C=O) groups is 1. The predicted octanol–water partition coefficient (Wildman–Crippen LogP) is 3.48. The molecule has 1 fully saturated rings. The minimum absolute atomic E-state index is 0.00669. The van der Waals surface area contributed by atoms with Gasteiger partial charge in [-0.25, -0.2) is 0 Å². The zero-order valence-corrected chi connectivity index (χ0v) is 15.9. The van der Waals surface area contributed by atoms with Gasteiger partial charge in [-0.3, -0.25) is 9.48 Å². The second-order valence-electron chi connectivity index (χ2n) is 7.07. The molecule has 3 rings (SSSR count). The first-order valence-corrected chi connectivity index (χ1v) is 10.00. The van der Waals surface area contributed by atoms with Crippen LogP contribution in [-0.2, 0) is 7.05 Å². The molecule has 0 saturated heterocycles. The van der Waals surface area contributed by atoms with Crippen molar-refractivity contribution in [3.63, 3.8) is 0 Å². The van der Waals surface area contributed by atoms with E-state index >= 15 is 0 Å². The molecule has 0 spiro atoms. The molecular weight excluding hydrogens is 332 g/mol. The summed E-state index contributed by atoms with van der Waals surface area (Å²) in [6.07, 6.45) is 9.30. The number of nitrogens with two attached hydrogens (primary N) is 1. The Morgan fingerprint density at radius 3 is 2.84 bits per heavy atom. The number of hydrogen-bond acceptors (Lipinski definition) is 4. The fraction of sp³-hybridized carbons (Fsp3) is 0.579. The van der Waals surface area contributed by atoms with Gasteiger partial charge in [0.1, 0.15) is 0 Å². The van der Waals surface area contributed by atoms with E-state index < -0.39 is 0 Å². The van der Waals surface area contributed by atoms with E-state index in [4.69, 9.17) is 5.73 Å². The van der Waals surface area contributed by atoms with Crippen LogP contribution in [0.4, 0.5) is 0 Å². The number of thiophene rings is 1. The molecule has 5 nitrogen and oxygen atoms in total. The number of nitrogens with one attached hydrogen (secondary N) is 1. The number of rotatable bonds is 6. The summed E-state index contributed by atoms with van der Waals surface area (Å²) in [6.45, 7) is 2.55. The van der Waals surface area contributed by atoms with E-state index in [-0.39, 0.29) is 11.9 Å². The molecule has 1 saturated carbocycles. The van der Waals surface area contributed by atoms with Crippen molar-refractivity contribution in [1.82, 2.24) is 15.1 Å². The topological polar surface area (TPSA) is 72.9 Å². The third kappa shape index (κ3) is 4.30. The van der Waals surface area contributed by atoms with Crippen molar-refractivity contribution in [2.24, 2.45) is 18.7 Å². The zero-order chi connectivity index (χ0) is 17.8. The van der Waals surface area contributed by atoms with Crippen LogP contribution in [0.3, 0.4) is 0 Å². The van der Waals surface area contributed by atoms with Crippen LogP contribution in [0.15, 0.2) is 18.3 Å². The highest BCUT2D eigenvalue weighted by atomic mass is 32.1. The highest BCUT2D eigenvalue weighted by Crippen LogP contribution is 2.31. The molecule has 0 aliphatic heterocycles. The number of amides is 1. The lowest BCUT2D eigenvalue weighted by Crippen LogP contribution is -2.41. The van der Waals surface area contributed by atoms with Crippen molar-refractivity contribution in [3.8, 4) is 11.3 Å². The highest BCUT2D eigenvalue weighted by Gasteiger charge is 2.21. The average Bonchev–Trinajstić information content (AvgIpc) is 3.20. The summed E-state index contributed by atoms with van der Waals surface area (Å²) in [5.41, 5.74) is 8.03. The van der Waals surface area contributed by atoms with Crippen LogP contribution < -0.4 is 11.1 Å². The molecule has 2 heterocycles. The van der Waals surface area contributed by atoms with Crippen LogP contribution in [0.5, 0.6) is 0 Å². The van der Waals surface area contributed by atoms with Crippen LogP contribution in [0, 0.1) is 12.8 Å². The quantitative estimate of drug-likeness (QED) is 0.828. The molecule has 1 aliphatic rings. The van der Waals surface area contributed by atoms with Crippen LogP contribution >= 0.6 is 11.3 Å². The smallest absolute Gasteiger partial charge is 0.261 e. The molecule has 1 atom stereocenters. The SMILES string of the molecule is Cc1sc(C(=O)NC(CN)CC2CCCCC2)cc1-c1ccnn1C. The fourth-order valence-electron chi connectivity index (χ4n) is 3.78. The molecule has 6 heteroatoms. The summed E-state index contributed by atoms with van der Waals surface area (Å²) >= 11 is 1.53. The number of carbonyl (C=O) groups excluding carboxylic acids is 1. The van der Waals surface area contributed by atoms with E-state index in [0.717, 1.165) is 27.4 Å². The summed E-state index contributed by atoms with van der Waals surface area (Å²) in [4.78, 5) is 14.6. The maximum absolute atomic E-state index is 12.7. The van der Waals surface area contributed by atoms with E-state index in [9.17, 15) is 4.79 Å². The van der Waals surface area contributed by atoms with Gasteiger partial charge in [0.25, 0.3) is 5.91 Å². The first kappa shape index (κ1) is 18.1. The van der Waals surface area contributed by atoms with Gasteiger partial charge in [0.15, 0.2) is 0 Å². The Morgan fingerprint density at radius 2 is 2.20 bits per heavy atom. The Bertz CT molecular complexity index is 715. The Labute approximate surface area is 153 Å². The monoisotopic (exact) mass is 360 g/mol. The molecule has 1 unspecified atom stereocenters. The molecule has 2 aromatic heterocycles. The molecule has 136 valence electrons. The minimum Gasteiger partial charge on any atom is -0.347 e. The predicted molar refractivity (Wildman–Crippen MR) is 103 cm³/mol. The summed E-state index contributed by atoms with van der Waals surface area (Å²) in [6, 6.07) is 4.02.